The Hall–Kier alpha value is 1.31. The van der Waals surface area contributed by atoms with E-state index >= 15 is 0 Å². The van der Waals surface area contributed by atoms with Gasteiger partial charge in [-0.05, 0) is 0 Å². The minimum absolute atomic E-state index is 0. The third kappa shape index (κ3) is 10.3. The number of rotatable bonds is 0. The van der Waals surface area contributed by atoms with Crippen molar-refractivity contribution in [3.8, 4) is 0 Å². The summed E-state index contributed by atoms with van der Waals surface area (Å²) >= 11 is 0. The maximum atomic E-state index is 7.00. The van der Waals surface area contributed by atoms with Crippen LogP contribution in [0.25, 0.3) is 0 Å². The van der Waals surface area contributed by atoms with Crippen molar-refractivity contribution in [3.05, 3.63) is 0 Å². The van der Waals surface area contributed by atoms with Gasteiger partial charge in [-0.1, -0.05) is 0 Å². The molecule has 3 heteroatoms. The molecular weight excluding hydrogens is 83.1 g/mol. The van der Waals surface area contributed by atoms with Crippen molar-refractivity contribution in [2.24, 2.45) is 0 Å². The fraction of sp³-hybridized carbons (Fsp3) is 1.00. The van der Waals surface area contributed by atoms with Gasteiger partial charge in [0.1, 0.15) is 0 Å². The quantitative estimate of drug-likeness (QED) is 0.187. The molecule has 0 spiro atoms. The Labute approximate surface area is 55.1 Å². The SMILES string of the molecule is CO.[Na+].[SH-]. The fourth-order valence-electron chi connectivity index (χ4n) is 0. The molecule has 0 heterocycles. The van der Waals surface area contributed by atoms with Gasteiger partial charge in [-0.15, -0.1) is 0 Å². The summed E-state index contributed by atoms with van der Waals surface area (Å²) in [6.07, 6.45) is 0. The predicted octanol–water partition coefficient (Wildman–Crippen LogP) is -3.66. The van der Waals surface area contributed by atoms with E-state index in [1.165, 1.54) is 0 Å². The van der Waals surface area contributed by atoms with E-state index in [0.717, 1.165) is 7.11 Å². The molecule has 0 unspecified atom stereocenters. The molecule has 1 nitrogen and oxygen atoms in total. The summed E-state index contributed by atoms with van der Waals surface area (Å²) in [5.41, 5.74) is 0. The molecule has 0 aromatic carbocycles. The maximum Gasteiger partial charge on any atom is 1.00 e. The molecule has 0 amide bonds. The summed E-state index contributed by atoms with van der Waals surface area (Å²) in [4.78, 5) is 0. The molecule has 0 aromatic rings. The molecule has 0 aromatic heterocycles. The Morgan fingerprint density at radius 3 is 1.25 bits per heavy atom. The molecule has 0 aliphatic heterocycles. The Kier molecular flexibility index (Phi) is 127. The summed E-state index contributed by atoms with van der Waals surface area (Å²) in [5.74, 6) is 0. The van der Waals surface area contributed by atoms with Crippen LogP contribution < -0.4 is 29.6 Å². The average molecular weight is 88.1 g/mol. The Balaban J connectivity index is -0.00000000500. The van der Waals surface area contributed by atoms with Gasteiger partial charge in [-0.2, -0.15) is 0 Å². The fourth-order valence-corrected chi connectivity index (χ4v) is 0. The second-order valence-electron chi connectivity index (χ2n) is 0. The van der Waals surface area contributed by atoms with E-state index < -0.39 is 0 Å². The van der Waals surface area contributed by atoms with Crippen molar-refractivity contribution in [2.45, 2.75) is 0 Å². The first-order chi connectivity index (χ1) is 1.00. The first-order valence-corrected chi connectivity index (χ1v) is 0.447. The molecule has 1 N–H and O–H groups in total. The number of aliphatic hydroxyl groups excluding tert-OH is 1. The molecule has 4 heavy (non-hydrogen) atoms. The van der Waals surface area contributed by atoms with Crippen LogP contribution in [0.1, 0.15) is 0 Å². The summed E-state index contributed by atoms with van der Waals surface area (Å²) in [6.45, 7) is 0. The first kappa shape index (κ1) is 18.5. The smallest absolute Gasteiger partial charge is 0.813 e. The minimum atomic E-state index is 0. The van der Waals surface area contributed by atoms with E-state index in [-0.39, 0.29) is 43.1 Å². The van der Waals surface area contributed by atoms with E-state index in [1.807, 2.05) is 0 Å². The largest absolute Gasteiger partial charge is 1.00 e. The molecule has 22 valence electrons. The van der Waals surface area contributed by atoms with Crippen LogP contribution in [0.5, 0.6) is 0 Å². The molecular formula is CH5NaOS. The number of aliphatic hydroxyl groups is 1. The van der Waals surface area contributed by atoms with Crippen LogP contribution in [-0.2, 0) is 13.5 Å². The van der Waals surface area contributed by atoms with E-state index in [1.54, 1.807) is 0 Å². The number of hydrogen-bond donors (Lipinski definition) is 1. The van der Waals surface area contributed by atoms with Crippen LogP contribution in [0, 0.1) is 0 Å². The van der Waals surface area contributed by atoms with Gasteiger partial charge in [0.05, 0.1) is 0 Å². The van der Waals surface area contributed by atoms with Crippen molar-refractivity contribution in [2.75, 3.05) is 7.11 Å². The van der Waals surface area contributed by atoms with Gasteiger partial charge in [0, 0.05) is 7.11 Å². The third-order valence-electron chi connectivity index (χ3n) is 0. The molecule has 0 fully saturated rings. The van der Waals surface area contributed by atoms with Crippen LogP contribution in [0.2, 0.25) is 0 Å². The van der Waals surface area contributed by atoms with Crippen LogP contribution in [0.4, 0.5) is 0 Å². The molecule has 0 radical (unpaired) electrons. The van der Waals surface area contributed by atoms with Crippen molar-refractivity contribution in [3.63, 3.8) is 0 Å². The van der Waals surface area contributed by atoms with Crippen molar-refractivity contribution in [1.29, 1.82) is 0 Å². The first-order valence-electron chi connectivity index (χ1n) is 0.447. The standard InChI is InChI=1S/CH4O.Na.H2S/c1-2;;/h2H,1H3;;1H2/q;+1;/p-1. The second-order valence-corrected chi connectivity index (χ2v) is 0. The zero-order valence-corrected chi connectivity index (χ0v) is 5.79. The van der Waals surface area contributed by atoms with Crippen molar-refractivity contribution in [1.82, 2.24) is 0 Å². The van der Waals surface area contributed by atoms with Crippen LogP contribution in [0.3, 0.4) is 0 Å². The van der Waals surface area contributed by atoms with E-state index in [0.29, 0.717) is 0 Å². The van der Waals surface area contributed by atoms with Crippen molar-refractivity contribution < 1.29 is 34.7 Å². The van der Waals surface area contributed by atoms with Gasteiger partial charge in [0.2, 0.25) is 0 Å². The molecule has 0 saturated heterocycles. The third-order valence-corrected chi connectivity index (χ3v) is 0. The van der Waals surface area contributed by atoms with E-state index in [2.05, 4.69) is 0 Å². The average Bonchev–Trinajstić information content (AvgIpc) is 1.00. The second kappa shape index (κ2) is 27.5. The van der Waals surface area contributed by atoms with Gasteiger partial charge in [-0.25, -0.2) is 0 Å². The summed E-state index contributed by atoms with van der Waals surface area (Å²) < 4.78 is 0. The molecule has 0 aliphatic carbocycles. The minimum Gasteiger partial charge on any atom is -0.813 e. The summed E-state index contributed by atoms with van der Waals surface area (Å²) in [5, 5.41) is 7.00. The Morgan fingerprint density at radius 2 is 1.25 bits per heavy atom. The van der Waals surface area contributed by atoms with Crippen LogP contribution in [0.15, 0.2) is 0 Å². The normalized spacial score (nSPS) is 1.50. The predicted molar refractivity (Wildman–Crippen MR) is 16.9 cm³/mol. The molecule has 0 atom stereocenters. The topological polar surface area (TPSA) is 20.2 Å². The zero-order chi connectivity index (χ0) is 2.00. The molecule has 0 aliphatic rings. The summed E-state index contributed by atoms with van der Waals surface area (Å²) in [7, 11) is 1.00. The van der Waals surface area contributed by atoms with E-state index in [4.69, 9.17) is 5.11 Å². The van der Waals surface area contributed by atoms with E-state index in [9.17, 15) is 0 Å². The molecule has 0 bridgehead atoms. The zero-order valence-electron chi connectivity index (χ0n) is 2.89. The van der Waals surface area contributed by atoms with Crippen LogP contribution >= 0.6 is 0 Å². The molecule has 0 saturated carbocycles. The number of thiol groups is 1. The Morgan fingerprint density at radius 1 is 1.25 bits per heavy atom. The van der Waals surface area contributed by atoms with Gasteiger partial charge in [0.25, 0.3) is 0 Å². The van der Waals surface area contributed by atoms with Gasteiger partial charge < -0.3 is 18.6 Å². The van der Waals surface area contributed by atoms with Gasteiger partial charge >= 0.3 is 29.6 Å². The van der Waals surface area contributed by atoms with Crippen LogP contribution in [-0.4, -0.2) is 12.2 Å². The number of hydrogen-bond acceptors (Lipinski definition) is 2. The maximum absolute atomic E-state index is 7.00. The molecule has 0 rings (SSSR count). The summed E-state index contributed by atoms with van der Waals surface area (Å²) in [6, 6.07) is 0. The monoisotopic (exact) mass is 88.0 g/mol. The Bertz CT molecular complexity index is 8.00. The van der Waals surface area contributed by atoms with Crippen molar-refractivity contribution >= 4 is 13.5 Å². The van der Waals surface area contributed by atoms with Gasteiger partial charge in [0.15, 0.2) is 0 Å². The van der Waals surface area contributed by atoms with Gasteiger partial charge in [-0.3, -0.25) is 0 Å².